The molecule has 2 rings (SSSR count). The molecule has 1 aromatic rings. The minimum Gasteiger partial charge on any atom is -0.336 e. The van der Waals surface area contributed by atoms with Crippen LogP contribution in [0.5, 0.6) is 0 Å². The van der Waals surface area contributed by atoms with Gasteiger partial charge in [-0.2, -0.15) is 0 Å². The fourth-order valence-electron chi connectivity index (χ4n) is 2.25. The number of amides is 1. The average Bonchev–Trinajstić information content (AvgIpc) is 2.87. The molecule has 0 aliphatic carbocycles. The number of likely N-dealkylation sites (tertiary alicyclic amines) is 1. The Balaban J connectivity index is 2.10. The Kier molecular flexibility index (Phi) is 4.34. The number of hydrogen-bond donors (Lipinski definition) is 1. The van der Waals surface area contributed by atoms with Gasteiger partial charge in [-0.05, 0) is 12.5 Å². The van der Waals surface area contributed by atoms with Crippen molar-refractivity contribution in [2.45, 2.75) is 12.5 Å². The predicted octanol–water partition coefficient (Wildman–Crippen LogP) is 1.10. The van der Waals surface area contributed by atoms with Gasteiger partial charge in [0, 0.05) is 26.2 Å². The highest BCUT2D eigenvalue weighted by atomic mass is 35.5. The maximum atomic E-state index is 12.4. The molecule has 20 heavy (non-hydrogen) atoms. The van der Waals surface area contributed by atoms with E-state index in [9.17, 15) is 13.2 Å². The highest BCUT2D eigenvalue weighted by molar-refractivity contribution is 7.88. The summed E-state index contributed by atoms with van der Waals surface area (Å²) in [6.45, 7) is 0.832. The van der Waals surface area contributed by atoms with Gasteiger partial charge in [0.05, 0.1) is 11.3 Å². The summed E-state index contributed by atoms with van der Waals surface area (Å²) in [4.78, 5) is 13.9. The summed E-state index contributed by atoms with van der Waals surface area (Å²) in [6.07, 6.45) is 1.69. The van der Waals surface area contributed by atoms with E-state index in [2.05, 4.69) is 4.72 Å². The zero-order valence-electron chi connectivity index (χ0n) is 11.1. The van der Waals surface area contributed by atoms with Gasteiger partial charge in [0.1, 0.15) is 10.8 Å². The lowest BCUT2D eigenvalue weighted by Crippen LogP contribution is -2.38. The molecule has 1 aliphatic heterocycles. The molecule has 112 valence electrons. The summed E-state index contributed by atoms with van der Waals surface area (Å²) in [6, 6.07) is 1.27. The van der Waals surface area contributed by atoms with Crippen LogP contribution < -0.4 is 4.72 Å². The Labute approximate surface area is 127 Å². The van der Waals surface area contributed by atoms with Crippen molar-refractivity contribution in [2.75, 3.05) is 19.3 Å². The van der Waals surface area contributed by atoms with E-state index >= 15 is 0 Å². The summed E-state index contributed by atoms with van der Waals surface area (Å²) in [7, 11) is -1.61. The van der Waals surface area contributed by atoms with Crippen LogP contribution in [0.2, 0.25) is 10.2 Å². The summed E-state index contributed by atoms with van der Waals surface area (Å²) >= 11 is 11.8. The number of nitrogens with one attached hydrogen (secondary N) is 1. The van der Waals surface area contributed by atoms with Crippen LogP contribution in [-0.4, -0.2) is 49.2 Å². The third kappa shape index (κ3) is 3.28. The van der Waals surface area contributed by atoms with Crippen LogP contribution in [-0.2, 0) is 17.1 Å². The first-order valence-electron chi connectivity index (χ1n) is 5.96. The Morgan fingerprint density at radius 3 is 2.60 bits per heavy atom. The van der Waals surface area contributed by atoms with E-state index in [1.807, 2.05) is 0 Å². The molecule has 2 heterocycles. The monoisotopic (exact) mass is 339 g/mol. The molecule has 1 saturated heterocycles. The van der Waals surface area contributed by atoms with Crippen LogP contribution in [0.15, 0.2) is 6.07 Å². The number of hydrogen-bond acceptors (Lipinski definition) is 3. The first kappa shape index (κ1) is 15.6. The van der Waals surface area contributed by atoms with E-state index in [1.165, 1.54) is 10.6 Å². The zero-order chi connectivity index (χ0) is 15.1. The number of rotatable bonds is 3. The van der Waals surface area contributed by atoms with Crippen molar-refractivity contribution < 1.29 is 13.2 Å². The molecular weight excluding hydrogens is 325 g/mol. The van der Waals surface area contributed by atoms with Gasteiger partial charge in [0.2, 0.25) is 10.0 Å². The third-order valence-electron chi connectivity index (χ3n) is 3.19. The maximum absolute atomic E-state index is 12.4. The van der Waals surface area contributed by atoms with E-state index in [4.69, 9.17) is 23.2 Å². The topological polar surface area (TPSA) is 71.4 Å². The van der Waals surface area contributed by atoms with Crippen LogP contribution >= 0.6 is 23.2 Å². The molecule has 0 saturated carbocycles. The van der Waals surface area contributed by atoms with Crippen molar-refractivity contribution in [1.82, 2.24) is 14.2 Å². The molecular formula is C11H15Cl2N3O3S. The minimum absolute atomic E-state index is 0.209. The molecule has 6 nitrogen and oxygen atoms in total. The second kappa shape index (κ2) is 5.55. The van der Waals surface area contributed by atoms with Crippen molar-refractivity contribution in [3.8, 4) is 0 Å². The number of carbonyl (C=O) groups excluding carboxylic acids is 1. The average molecular weight is 340 g/mol. The number of halogens is 2. The molecule has 0 bridgehead atoms. The number of aromatic nitrogens is 1. The van der Waals surface area contributed by atoms with Gasteiger partial charge in [0.15, 0.2) is 0 Å². The Morgan fingerprint density at radius 1 is 1.45 bits per heavy atom. The Morgan fingerprint density at radius 2 is 2.10 bits per heavy atom. The molecule has 1 N–H and O–H groups in total. The molecule has 1 aromatic heterocycles. The van der Waals surface area contributed by atoms with Crippen molar-refractivity contribution in [1.29, 1.82) is 0 Å². The number of sulfonamides is 1. The minimum atomic E-state index is -3.27. The fraction of sp³-hybridized carbons (Fsp3) is 0.545. The van der Waals surface area contributed by atoms with Crippen molar-refractivity contribution in [2.24, 2.45) is 7.05 Å². The standard InChI is InChI=1S/C11H15Cl2N3O3S/c1-15-9(5-8(12)10(15)13)11(17)16-4-3-7(6-16)14-20(2,18)19/h5,7,14H,3-4,6H2,1-2H3/t7-/m0/s1. The number of nitrogens with zero attached hydrogens (tertiary/aromatic N) is 2. The lowest BCUT2D eigenvalue weighted by molar-refractivity contribution is 0.0781. The second-order valence-corrected chi connectivity index (χ2v) is 7.40. The molecule has 1 amide bonds. The Bertz CT molecular complexity index is 642. The van der Waals surface area contributed by atoms with E-state index in [-0.39, 0.29) is 11.9 Å². The summed E-state index contributed by atoms with van der Waals surface area (Å²) in [5, 5.41) is 0.627. The second-order valence-electron chi connectivity index (χ2n) is 4.85. The summed E-state index contributed by atoms with van der Waals surface area (Å²) in [5.41, 5.74) is 0.389. The van der Waals surface area contributed by atoms with Crippen LogP contribution in [0, 0.1) is 0 Å². The first-order chi connectivity index (χ1) is 9.19. The summed E-state index contributed by atoms with van der Waals surface area (Å²) in [5.74, 6) is -0.209. The predicted molar refractivity (Wildman–Crippen MR) is 77.7 cm³/mol. The van der Waals surface area contributed by atoms with E-state index in [1.54, 1.807) is 11.9 Å². The normalized spacial score (nSPS) is 19.6. The molecule has 0 spiro atoms. The van der Waals surface area contributed by atoms with Gasteiger partial charge >= 0.3 is 0 Å². The van der Waals surface area contributed by atoms with E-state index in [0.717, 1.165) is 6.26 Å². The molecule has 0 aromatic carbocycles. The lowest BCUT2D eigenvalue weighted by atomic mass is 10.3. The van der Waals surface area contributed by atoms with Gasteiger partial charge in [-0.25, -0.2) is 13.1 Å². The molecule has 1 atom stereocenters. The van der Waals surface area contributed by atoms with E-state index < -0.39 is 10.0 Å². The van der Waals surface area contributed by atoms with Crippen LogP contribution in [0.1, 0.15) is 16.9 Å². The van der Waals surface area contributed by atoms with Gasteiger partial charge < -0.3 is 9.47 Å². The smallest absolute Gasteiger partial charge is 0.270 e. The lowest BCUT2D eigenvalue weighted by Gasteiger charge is -2.17. The highest BCUT2D eigenvalue weighted by Crippen LogP contribution is 2.26. The van der Waals surface area contributed by atoms with Gasteiger partial charge in [-0.15, -0.1) is 0 Å². The third-order valence-corrected chi connectivity index (χ3v) is 4.80. The largest absolute Gasteiger partial charge is 0.336 e. The van der Waals surface area contributed by atoms with Gasteiger partial charge in [-0.3, -0.25) is 4.79 Å². The van der Waals surface area contributed by atoms with Crippen molar-refractivity contribution in [3.05, 3.63) is 21.9 Å². The van der Waals surface area contributed by atoms with Gasteiger partial charge in [0.25, 0.3) is 5.91 Å². The molecule has 0 unspecified atom stereocenters. The van der Waals surface area contributed by atoms with Crippen molar-refractivity contribution >= 4 is 39.1 Å². The van der Waals surface area contributed by atoms with E-state index in [0.29, 0.717) is 35.4 Å². The highest BCUT2D eigenvalue weighted by Gasteiger charge is 2.30. The summed E-state index contributed by atoms with van der Waals surface area (Å²) < 4.78 is 26.4. The van der Waals surface area contributed by atoms with Crippen molar-refractivity contribution in [3.63, 3.8) is 0 Å². The molecule has 1 fully saturated rings. The number of carbonyl (C=O) groups is 1. The maximum Gasteiger partial charge on any atom is 0.270 e. The SMILES string of the molecule is Cn1c(C(=O)N2CC[C@H](NS(C)(=O)=O)C2)cc(Cl)c1Cl. The first-order valence-corrected chi connectivity index (χ1v) is 8.61. The van der Waals surface area contributed by atoms with Gasteiger partial charge in [-0.1, -0.05) is 23.2 Å². The quantitative estimate of drug-likeness (QED) is 0.896. The molecule has 0 radical (unpaired) electrons. The zero-order valence-corrected chi connectivity index (χ0v) is 13.4. The van der Waals surface area contributed by atoms with Crippen LogP contribution in [0.4, 0.5) is 0 Å². The van der Waals surface area contributed by atoms with Crippen LogP contribution in [0.3, 0.4) is 0 Å². The molecule has 1 aliphatic rings. The van der Waals surface area contributed by atoms with Crippen LogP contribution in [0.25, 0.3) is 0 Å². The molecule has 9 heteroatoms. The Hall–Kier alpha value is -0.760. The fourth-order valence-corrected chi connectivity index (χ4v) is 3.43.